The molecule has 0 saturated carbocycles. The van der Waals surface area contributed by atoms with Gasteiger partial charge in [-0.15, -0.1) is 0 Å². The smallest absolute Gasteiger partial charge is 0.351 e. The number of rotatable bonds is 8. The van der Waals surface area contributed by atoms with Crippen LogP contribution < -0.4 is 18.9 Å². The van der Waals surface area contributed by atoms with Crippen molar-refractivity contribution < 1.29 is 28.5 Å². The van der Waals surface area contributed by atoms with Crippen molar-refractivity contribution >= 4 is 17.8 Å². The molecule has 0 fully saturated rings. The van der Waals surface area contributed by atoms with Crippen molar-refractivity contribution in [2.45, 2.75) is 0 Å². The molecular formula is C25H22O6. The summed E-state index contributed by atoms with van der Waals surface area (Å²) in [4.78, 5) is 25.1. The van der Waals surface area contributed by atoms with Gasteiger partial charge in [-0.25, -0.2) is 4.79 Å². The molecule has 0 radical (unpaired) electrons. The van der Waals surface area contributed by atoms with Crippen molar-refractivity contribution in [2.24, 2.45) is 0 Å². The fourth-order valence-corrected chi connectivity index (χ4v) is 2.96. The molecule has 0 heterocycles. The first-order valence-electron chi connectivity index (χ1n) is 9.46. The number of benzene rings is 3. The van der Waals surface area contributed by atoms with E-state index < -0.39 is 5.97 Å². The molecule has 0 unspecified atom stereocenters. The van der Waals surface area contributed by atoms with Crippen molar-refractivity contribution in [1.29, 1.82) is 0 Å². The molecule has 0 spiro atoms. The van der Waals surface area contributed by atoms with Crippen molar-refractivity contribution in [3.63, 3.8) is 0 Å². The lowest BCUT2D eigenvalue weighted by atomic mass is 10.1. The third kappa shape index (κ3) is 5.11. The van der Waals surface area contributed by atoms with Crippen LogP contribution in [0.15, 0.2) is 72.8 Å². The lowest BCUT2D eigenvalue weighted by Crippen LogP contribution is -2.12. The molecule has 6 heteroatoms. The van der Waals surface area contributed by atoms with E-state index in [2.05, 4.69) is 0 Å². The van der Waals surface area contributed by atoms with E-state index >= 15 is 0 Å². The second-order valence-electron chi connectivity index (χ2n) is 6.39. The molecule has 6 nitrogen and oxygen atoms in total. The quantitative estimate of drug-likeness (QED) is 0.226. The van der Waals surface area contributed by atoms with Crippen molar-refractivity contribution in [2.75, 3.05) is 21.3 Å². The highest BCUT2D eigenvalue weighted by Crippen LogP contribution is 2.29. The summed E-state index contributed by atoms with van der Waals surface area (Å²) < 4.78 is 21.2. The minimum absolute atomic E-state index is 0.185. The Labute approximate surface area is 180 Å². The number of methoxy groups -OCH3 is 3. The zero-order chi connectivity index (χ0) is 22.2. The number of hydrogen-bond donors (Lipinski definition) is 0. The number of hydrogen-bond acceptors (Lipinski definition) is 6. The molecule has 0 N–H and O–H groups in total. The summed E-state index contributed by atoms with van der Waals surface area (Å²) in [7, 11) is 4.50. The monoisotopic (exact) mass is 418 g/mol. The first-order chi connectivity index (χ1) is 15.1. The van der Waals surface area contributed by atoms with Crippen LogP contribution >= 0.6 is 0 Å². The van der Waals surface area contributed by atoms with E-state index in [-0.39, 0.29) is 11.3 Å². The van der Waals surface area contributed by atoms with Crippen LogP contribution in [0.3, 0.4) is 0 Å². The number of carbonyl (C=O) groups is 2. The normalized spacial score (nSPS) is 10.5. The average Bonchev–Trinajstić information content (AvgIpc) is 2.82. The Hall–Kier alpha value is -4.06. The van der Waals surface area contributed by atoms with Crippen molar-refractivity contribution in [1.82, 2.24) is 0 Å². The Morgan fingerprint density at radius 1 is 0.710 bits per heavy atom. The third-order valence-electron chi connectivity index (χ3n) is 4.53. The second-order valence-corrected chi connectivity index (χ2v) is 6.39. The Morgan fingerprint density at radius 3 is 1.90 bits per heavy atom. The maximum absolute atomic E-state index is 12.6. The van der Waals surface area contributed by atoms with Gasteiger partial charge in [-0.1, -0.05) is 24.3 Å². The molecule has 0 amide bonds. The van der Waals surface area contributed by atoms with E-state index in [0.717, 1.165) is 5.56 Å². The van der Waals surface area contributed by atoms with Crippen LogP contribution in [-0.4, -0.2) is 33.1 Å². The number of allylic oxidation sites excluding steroid dienone is 1. The Bertz CT molecular complexity index is 1080. The Balaban J connectivity index is 1.73. The standard InChI is InChI=1S/C25H22O6/c1-28-21-8-5-4-7-18(21)13-16-20(26)17-11-14-19(15-12-17)31-25(27)24-22(29-2)9-6-10-23(24)30-3/h4-16H,1-3H3. The highest BCUT2D eigenvalue weighted by molar-refractivity contribution is 6.07. The topological polar surface area (TPSA) is 71.1 Å². The van der Waals surface area contributed by atoms with Crippen LogP contribution in [0.25, 0.3) is 6.08 Å². The lowest BCUT2D eigenvalue weighted by molar-refractivity contribution is 0.0727. The molecule has 3 aromatic rings. The van der Waals surface area contributed by atoms with Gasteiger partial charge in [0.1, 0.15) is 28.6 Å². The van der Waals surface area contributed by atoms with Gasteiger partial charge in [-0.3, -0.25) is 4.79 Å². The summed E-state index contributed by atoms with van der Waals surface area (Å²) in [6.45, 7) is 0. The molecule has 0 bridgehead atoms. The zero-order valence-electron chi connectivity index (χ0n) is 17.5. The summed E-state index contributed by atoms with van der Waals surface area (Å²) >= 11 is 0. The maximum atomic E-state index is 12.6. The number of esters is 1. The van der Waals surface area contributed by atoms with Crippen LogP contribution in [0.4, 0.5) is 0 Å². The van der Waals surface area contributed by atoms with Crippen LogP contribution in [0.1, 0.15) is 26.3 Å². The van der Waals surface area contributed by atoms with Gasteiger partial charge in [0.2, 0.25) is 0 Å². The van der Waals surface area contributed by atoms with Crippen molar-refractivity contribution in [3.05, 3.63) is 89.5 Å². The molecule has 158 valence electrons. The number of carbonyl (C=O) groups excluding carboxylic acids is 2. The van der Waals surface area contributed by atoms with Gasteiger partial charge in [-0.2, -0.15) is 0 Å². The molecule has 0 aliphatic carbocycles. The highest BCUT2D eigenvalue weighted by atomic mass is 16.5. The van der Waals surface area contributed by atoms with Gasteiger partial charge >= 0.3 is 5.97 Å². The van der Waals surface area contributed by atoms with E-state index in [0.29, 0.717) is 28.6 Å². The van der Waals surface area contributed by atoms with E-state index in [9.17, 15) is 9.59 Å². The molecular weight excluding hydrogens is 396 g/mol. The van der Waals surface area contributed by atoms with Gasteiger partial charge in [0.15, 0.2) is 5.78 Å². The Kier molecular flexibility index (Phi) is 7.06. The zero-order valence-corrected chi connectivity index (χ0v) is 17.5. The summed E-state index contributed by atoms with van der Waals surface area (Å²) in [5.74, 6) is 0.860. The molecule has 0 atom stereocenters. The van der Waals surface area contributed by atoms with E-state index in [1.165, 1.54) is 20.3 Å². The minimum atomic E-state index is -0.621. The Morgan fingerprint density at radius 2 is 1.29 bits per heavy atom. The fourth-order valence-electron chi connectivity index (χ4n) is 2.96. The summed E-state index contributed by atoms with van der Waals surface area (Å²) in [6.07, 6.45) is 3.17. The minimum Gasteiger partial charge on any atom is -0.496 e. The van der Waals surface area contributed by atoms with Gasteiger partial charge in [-0.05, 0) is 54.6 Å². The second kappa shape index (κ2) is 10.1. The first-order valence-corrected chi connectivity index (χ1v) is 9.46. The highest BCUT2D eigenvalue weighted by Gasteiger charge is 2.20. The SMILES string of the molecule is COc1ccccc1C=CC(=O)c1ccc(OC(=O)c2c(OC)cccc2OC)cc1. The molecule has 0 aromatic heterocycles. The first kappa shape index (κ1) is 21.6. The predicted octanol–water partition coefficient (Wildman–Crippen LogP) is 4.83. The van der Waals surface area contributed by atoms with Crippen molar-refractivity contribution in [3.8, 4) is 23.0 Å². The summed E-state index contributed by atoms with van der Waals surface area (Å²) in [5.41, 5.74) is 1.45. The molecule has 0 aliphatic rings. The molecule has 3 rings (SSSR count). The van der Waals surface area contributed by atoms with E-state index in [1.807, 2.05) is 24.3 Å². The lowest BCUT2D eigenvalue weighted by Gasteiger charge is -2.12. The molecule has 3 aromatic carbocycles. The van der Waals surface area contributed by atoms with Crippen LogP contribution in [0, 0.1) is 0 Å². The van der Waals surface area contributed by atoms with E-state index in [4.69, 9.17) is 18.9 Å². The van der Waals surface area contributed by atoms with Crippen LogP contribution in [0.2, 0.25) is 0 Å². The summed E-state index contributed by atoms with van der Waals surface area (Å²) in [6, 6.07) is 18.7. The fraction of sp³-hybridized carbons (Fsp3) is 0.120. The third-order valence-corrected chi connectivity index (χ3v) is 4.53. The van der Waals surface area contributed by atoms with Gasteiger partial charge in [0, 0.05) is 11.1 Å². The number of para-hydroxylation sites is 1. The van der Waals surface area contributed by atoms with Crippen LogP contribution in [0.5, 0.6) is 23.0 Å². The molecule has 31 heavy (non-hydrogen) atoms. The average molecular weight is 418 g/mol. The van der Waals surface area contributed by atoms with Gasteiger partial charge in [0.25, 0.3) is 0 Å². The number of ether oxygens (including phenoxy) is 4. The van der Waals surface area contributed by atoms with Gasteiger partial charge in [0.05, 0.1) is 21.3 Å². The number of ketones is 1. The maximum Gasteiger partial charge on any atom is 0.351 e. The molecule has 0 saturated heterocycles. The van der Waals surface area contributed by atoms with E-state index in [1.54, 1.807) is 55.7 Å². The largest absolute Gasteiger partial charge is 0.496 e. The predicted molar refractivity (Wildman–Crippen MR) is 117 cm³/mol. The summed E-state index contributed by atoms with van der Waals surface area (Å²) in [5, 5.41) is 0. The van der Waals surface area contributed by atoms with Gasteiger partial charge < -0.3 is 18.9 Å². The molecule has 0 aliphatic heterocycles. The van der Waals surface area contributed by atoms with Crippen LogP contribution in [-0.2, 0) is 0 Å².